The van der Waals surface area contributed by atoms with E-state index in [0.29, 0.717) is 13.1 Å². The molecule has 1 aliphatic heterocycles. The Kier molecular flexibility index (Phi) is 3.55. The van der Waals surface area contributed by atoms with Gasteiger partial charge in [-0.2, -0.15) is 0 Å². The molecule has 1 heterocycles. The van der Waals surface area contributed by atoms with Gasteiger partial charge in [-0.1, -0.05) is 6.07 Å². The van der Waals surface area contributed by atoms with Gasteiger partial charge in [0.25, 0.3) is 0 Å². The van der Waals surface area contributed by atoms with Gasteiger partial charge in [-0.25, -0.2) is 8.78 Å². The van der Waals surface area contributed by atoms with Crippen LogP contribution in [0.2, 0.25) is 0 Å². The molecule has 0 radical (unpaired) electrons. The van der Waals surface area contributed by atoms with Crippen molar-refractivity contribution < 1.29 is 18.4 Å². The second-order valence-electron chi connectivity index (χ2n) is 4.08. The minimum absolute atomic E-state index is 0.0123. The molecule has 0 aromatic heterocycles. The molecule has 2 amide bonds. The van der Waals surface area contributed by atoms with Gasteiger partial charge < -0.3 is 10.2 Å². The molecule has 2 rings (SSSR count). The Hall–Kier alpha value is -1.98. The lowest BCUT2D eigenvalue weighted by molar-refractivity contribution is -0.137. The summed E-state index contributed by atoms with van der Waals surface area (Å²) in [5.41, 5.74) is 0.132. The van der Waals surface area contributed by atoms with Gasteiger partial charge in [0, 0.05) is 19.2 Å². The minimum atomic E-state index is -0.746. The molecule has 0 unspecified atom stereocenters. The van der Waals surface area contributed by atoms with E-state index in [-0.39, 0.29) is 30.3 Å². The van der Waals surface area contributed by atoms with Crippen LogP contribution in [0, 0.1) is 11.6 Å². The molecule has 6 heteroatoms. The number of hydrogen-bond acceptors (Lipinski definition) is 2. The van der Waals surface area contributed by atoms with E-state index < -0.39 is 11.6 Å². The van der Waals surface area contributed by atoms with Crippen LogP contribution in [-0.4, -0.2) is 36.3 Å². The highest BCUT2D eigenvalue weighted by Crippen LogP contribution is 2.11. The second-order valence-corrected chi connectivity index (χ2v) is 4.08. The summed E-state index contributed by atoms with van der Waals surface area (Å²) in [7, 11) is 0. The Balaban J connectivity index is 2.04. The van der Waals surface area contributed by atoms with E-state index in [2.05, 4.69) is 5.32 Å². The fourth-order valence-corrected chi connectivity index (χ4v) is 1.79. The maximum atomic E-state index is 13.4. The molecule has 96 valence electrons. The van der Waals surface area contributed by atoms with E-state index in [1.54, 1.807) is 0 Å². The third-order valence-corrected chi connectivity index (χ3v) is 2.75. The van der Waals surface area contributed by atoms with Crippen LogP contribution >= 0.6 is 0 Å². The van der Waals surface area contributed by atoms with Gasteiger partial charge in [-0.15, -0.1) is 0 Å². The summed E-state index contributed by atoms with van der Waals surface area (Å²) in [5.74, 6) is -1.99. The first-order chi connectivity index (χ1) is 8.56. The fourth-order valence-electron chi connectivity index (χ4n) is 1.79. The van der Waals surface area contributed by atoms with Crippen molar-refractivity contribution in [2.75, 3.05) is 19.6 Å². The van der Waals surface area contributed by atoms with Gasteiger partial charge in [0.15, 0.2) is 0 Å². The molecule has 1 aromatic rings. The molecule has 1 aliphatic rings. The lowest BCUT2D eigenvalue weighted by Gasteiger charge is -2.26. The predicted octanol–water partition coefficient (Wildman–Crippen LogP) is 0.466. The molecule has 1 fully saturated rings. The standard InChI is InChI=1S/C12H12F2N2O2/c13-9-2-1-8(10(14)6-9)5-12(18)16-4-3-15-11(17)7-16/h1-2,6H,3-5,7H2,(H,15,17). The number of carbonyl (C=O) groups is 2. The third-order valence-electron chi connectivity index (χ3n) is 2.75. The van der Waals surface area contributed by atoms with Crippen LogP contribution in [0.5, 0.6) is 0 Å². The van der Waals surface area contributed by atoms with Crippen molar-refractivity contribution in [2.24, 2.45) is 0 Å². The fraction of sp³-hybridized carbons (Fsp3) is 0.333. The normalized spacial score (nSPS) is 15.4. The van der Waals surface area contributed by atoms with Crippen LogP contribution in [0.25, 0.3) is 0 Å². The lowest BCUT2D eigenvalue weighted by atomic mass is 10.1. The molecule has 1 N–H and O–H groups in total. The van der Waals surface area contributed by atoms with Crippen molar-refractivity contribution in [1.29, 1.82) is 0 Å². The van der Waals surface area contributed by atoms with Crippen LogP contribution in [-0.2, 0) is 16.0 Å². The predicted molar refractivity (Wildman–Crippen MR) is 59.7 cm³/mol. The van der Waals surface area contributed by atoms with Crippen molar-refractivity contribution in [2.45, 2.75) is 6.42 Å². The van der Waals surface area contributed by atoms with Crippen LogP contribution in [0.15, 0.2) is 18.2 Å². The number of halogens is 2. The van der Waals surface area contributed by atoms with E-state index in [1.165, 1.54) is 11.0 Å². The van der Waals surface area contributed by atoms with Crippen molar-refractivity contribution in [3.8, 4) is 0 Å². The average Bonchev–Trinajstić information content (AvgIpc) is 2.32. The van der Waals surface area contributed by atoms with E-state index in [4.69, 9.17) is 0 Å². The van der Waals surface area contributed by atoms with Crippen molar-refractivity contribution in [3.05, 3.63) is 35.4 Å². The Morgan fingerprint density at radius 1 is 1.39 bits per heavy atom. The Labute approximate surface area is 103 Å². The quantitative estimate of drug-likeness (QED) is 0.834. The number of piperazine rings is 1. The summed E-state index contributed by atoms with van der Waals surface area (Å²) < 4.78 is 26.1. The second kappa shape index (κ2) is 5.12. The first kappa shape index (κ1) is 12.5. The summed E-state index contributed by atoms with van der Waals surface area (Å²) in [4.78, 5) is 24.3. The Morgan fingerprint density at radius 3 is 2.83 bits per heavy atom. The number of hydrogen-bond donors (Lipinski definition) is 1. The van der Waals surface area contributed by atoms with E-state index >= 15 is 0 Å². The number of amides is 2. The molecule has 1 aromatic carbocycles. The molecular weight excluding hydrogens is 242 g/mol. The molecular formula is C12H12F2N2O2. The number of benzene rings is 1. The van der Waals surface area contributed by atoms with Crippen LogP contribution < -0.4 is 5.32 Å². The van der Waals surface area contributed by atoms with Gasteiger partial charge in [0.1, 0.15) is 11.6 Å². The molecule has 0 aliphatic carbocycles. The minimum Gasteiger partial charge on any atom is -0.353 e. The van der Waals surface area contributed by atoms with Gasteiger partial charge in [-0.3, -0.25) is 9.59 Å². The maximum absolute atomic E-state index is 13.4. The Morgan fingerprint density at radius 2 is 2.17 bits per heavy atom. The molecule has 4 nitrogen and oxygen atoms in total. The van der Waals surface area contributed by atoms with Crippen LogP contribution in [0.1, 0.15) is 5.56 Å². The summed E-state index contributed by atoms with van der Waals surface area (Å²) in [6.45, 7) is 0.797. The number of nitrogens with zero attached hydrogens (tertiary/aromatic N) is 1. The summed E-state index contributed by atoms with van der Waals surface area (Å²) in [6.07, 6.45) is -0.167. The maximum Gasteiger partial charge on any atom is 0.239 e. The highest BCUT2D eigenvalue weighted by atomic mass is 19.1. The summed E-state index contributed by atoms with van der Waals surface area (Å²) in [5, 5.41) is 2.59. The zero-order valence-electron chi connectivity index (χ0n) is 9.58. The average molecular weight is 254 g/mol. The first-order valence-electron chi connectivity index (χ1n) is 5.54. The summed E-state index contributed by atoms with van der Waals surface area (Å²) in [6, 6.07) is 3.09. The molecule has 0 spiro atoms. The van der Waals surface area contributed by atoms with E-state index in [0.717, 1.165) is 12.1 Å². The van der Waals surface area contributed by atoms with Gasteiger partial charge in [-0.05, 0) is 11.6 Å². The molecule has 18 heavy (non-hydrogen) atoms. The van der Waals surface area contributed by atoms with Gasteiger partial charge >= 0.3 is 0 Å². The number of nitrogens with one attached hydrogen (secondary N) is 1. The van der Waals surface area contributed by atoms with Gasteiger partial charge in [0.05, 0.1) is 13.0 Å². The lowest BCUT2D eigenvalue weighted by Crippen LogP contribution is -2.50. The number of carbonyl (C=O) groups excluding carboxylic acids is 2. The highest BCUT2D eigenvalue weighted by Gasteiger charge is 2.21. The van der Waals surface area contributed by atoms with Crippen molar-refractivity contribution >= 4 is 11.8 Å². The Bertz CT molecular complexity index is 491. The third kappa shape index (κ3) is 2.82. The SMILES string of the molecule is O=C1CN(C(=O)Cc2ccc(F)cc2F)CCN1. The van der Waals surface area contributed by atoms with E-state index in [9.17, 15) is 18.4 Å². The molecule has 0 atom stereocenters. The van der Waals surface area contributed by atoms with Crippen LogP contribution in [0.4, 0.5) is 8.78 Å². The smallest absolute Gasteiger partial charge is 0.239 e. The zero-order valence-corrected chi connectivity index (χ0v) is 9.58. The van der Waals surface area contributed by atoms with Crippen molar-refractivity contribution in [3.63, 3.8) is 0 Å². The van der Waals surface area contributed by atoms with E-state index in [1.807, 2.05) is 0 Å². The van der Waals surface area contributed by atoms with Crippen LogP contribution in [0.3, 0.4) is 0 Å². The van der Waals surface area contributed by atoms with Crippen molar-refractivity contribution in [1.82, 2.24) is 10.2 Å². The topological polar surface area (TPSA) is 49.4 Å². The zero-order chi connectivity index (χ0) is 13.1. The largest absolute Gasteiger partial charge is 0.353 e. The summed E-state index contributed by atoms with van der Waals surface area (Å²) >= 11 is 0. The first-order valence-corrected chi connectivity index (χ1v) is 5.54. The van der Waals surface area contributed by atoms with Gasteiger partial charge in [0.2, 0.25) is 11.8 Å². The molecule has 0 saturated carbocycles. The monoisotopic (exact) mass is 254 g/mol. The molecule has 1 saturated heterocycles. The number of rotatable bonds is 2. The molecule has 0 bridgehead atoms. The highest BCUT2D eigenvalue weighted by molar-refractivity contribution is 5.86.